The van der Waals surface area contributed by atoms with Gasteiger partial charge in [0.1, 0.15) is 5.75 Å². The Labute approximate surface area is 107 Å². The molecule has 0 aliphatic heterocycles. The zero-order valence-electron chi connectivity index (χ0n) is 9.79. The zero-order valence-corrected chi connectivity index (χ0v) is 10.5. The molecule has 0 aliphatic carbocycles. The summed E-state index contributed by atoms with van der Waals surface area (Å²) in [5.74, 6) is 0.497. The first-order valence-electron chi connectivity index (χ1n) is 5.88. The van der Waals surface area contributed by atoms with Gasteiger partial charge < -0.3 is 10.4 Å². The second kappa shape index (κ2) is 7.96. The Kier molecular flexibility index (Phi) is 6.48. The van der Waals surface area contributed by atoms with Crippen molar-refractivity contribution in [1.82, 2.24) is 5.32 Å². The Hall–Kier alpha value is -1.22. The fourth-order valence-corrected chi connectivity index (χ4v) is 1.72. The number of phenolic OH excluding ortho intramolecular Hbond substituents is 1. The number of nitrogens with one attached hydrogen (secondary N) is 1. The lowest BCUT2D eigenvalue weighted by atomic mass is 10.1. The highest BCUT2D eigenvalue weighted by Crippen LogP contribution is 2.14. The molecule has 0 aliphatic rings. The van der Waals surface area contributed by atoms with Crippen LogP contribution in [-0.4, -0.2) is 23.4 Å². The second-order valence-corrected chi connectivity index (χ2v) is 4.25. The molecule has 3 nitrogen and oxygen atoms in total. The van der Waals surface area contributed by atoms with Crippen LogP contribution in [-0.2, 0) is 0 Å². The lowest BCUT2D eigenvalue weighted by molar-refractivity contribution is 0.0950. The predicted molar refractivity (Wildman–Crippen MR) is 69.6 cm³/mol. The largest absolute Gasteiger partial charge is 0.507 e. The minimum Gasteiger partial charge on any atom is -0.507 e. The molecule has 2 N–H and O–H groups in total. The van der Waals surface area contributed by atoms with E-state index >= 15 is 0 Å². The molecule has 1 aromatic carbocycles. The van der Waals surface area contributed by atoms with Crippen LogP contribution in [0.15, 0.2) is 24.3 Å². The number of hydrogen-bond donors (Lipinski definition) is 2. The van der Waals surface area contributed by atoms with Gasteiger partial charge >= 0.3 is 0 Å². The number of aromatic hydroxyl groups is 1. The van der Waals surface area contributed by atoms with Crippen LogP contribution < -0.4 is 5.32 Å². The Morgan fingerprint density at radius 3 is 2.59 bits per heavy atom. The second-order valence-electron chi connectivity index (χ2n) is 3.88. The summed E-state index contributed by atoms with van der Waals surface area (Å²) in [7, 11) is 0. The summed E-state index contributed by atoms with van der Waals surface area (Å²) in [5, 5.41) is 12.3. The topological polar surface area (TPSA) is 49.3 Å². The standard InChI is InChI=1S/C13H18ClNO2/c14-9-5-1-2-6-10-15-13(17)11-7-3-4-8-12(11)16/h3-4,7-8,16H,1-2,5-6,9-10H2,(H,15,17). The zero-order chi connectivity index (χ0) is 12.5. The Morgan fingerprint density at radius 1 is 1.18 bits per heavy atom. The van der Waals surface area contributed by atoms with E-state index in [0.717, 1.165) is 25.7 Å². The normalized spacial score (nSPS) is 10.2. The minimum atomic E-state index is -0.222. The molecule has 1 rings (SSSR count). The van der Waals surface area contributed by atoms with E-state index in [2.05, 4.69) is 5.32 Å². The van der Waals surface area contributed by atoms with Gasteiger partial charge in [0.2, 0.25) is 0 Å². The molecule has 0 aromatic heterocycles. The summed E-state index contributed by atoms with van der Waals surface area (Å²) in [4.78, 5) is 11.7. The Bertz CT molecular complexity index is 355. The van der Waals surface area contributed by atoms with Crippen LogP contribution >= 0.6 is 11.6 Å². The van der Waals surface area contributed by atoms with Crippen molar-refractivity contribution in [2.75, 3.05) is 12.4 Å². The van der Waals surface area contributed by atoms with Crippen LogP contribution in [0.25, 0.3) is 0 Å². The fourth-order valence-electron chi connectivity index (χ4n) is 1.54. The maximum absolute atomic E-state index is 11.7. The van der Waals surface area contributed by atoms with E-state index in [1.807, 2.05) is 0 Å². The molecule has 0 spiro atoms. The molecule has 1 amide bonds. The van der Waals surface area contributed by atoms with E-state index in [4.69, 9.17) is 11.6 Å². The number of carbonyl (C=O) groups is 1. The number of carbonyl (C=O) groups excluding carboxylic acids is 1. The number of amides is 1. The molecule has 4 heteroatoms. The van der Waals surface area contributed by atoms with Gasteiger partial charge in [0.25, 0.3) is 5.91 Å². The van der Waals surface area contributed by atoms with Gasteiger partial charge in [-0.2, -0.15) is 0 Å². The fraction of sp³-hybridized carbons (Fsp3) is 0.462. The van der Waals surface area contributed by atoms with Crippen molar-refractivity contribution in [1.29, 1.82) is 0 Å². The number of halogens is 1. The molecular weight excluding hydrogens is 238 g/mol. The first-order chi connectivity index (χ1) is 8.25. The molecule has 94 valence electrons. The first kappa shape index (κ1) is 13.8. The lowest BCUT2D eigenvalue weighted by Gasteiger charge is -2.06. The third-order valence-electron chi connectivity index (χ3n) is 2.49. The van der Waals surface area contributed by atoms with E-state index in [9.17, 15) is 9.90 Å². The van der Waals surface area contributed by atoms with Gasteiger partial charge in [-0.05, 0) is 25.0 Å². The van der Waals surface area contributed by atoms with Gasteiger partial charge in [-0.15, -0.1) is 11.6 Å². The number of phenols is 1. The van der Waals surface area contributed by atoms with E-state index in [0.29, 0.717) is 18.0 Å². The molecule has 0 unspecified atom stereocenters. The maximum atomic E-state index is 11.7. The van der Waals surface area contributed by atoms with Crippen molar-refractivity contribution < 1.29 is 9.90 Å². The van der Waals surface area contributed by atoms with Gasteiger partial charge in [-0.3, -0.25) is 4.79 Å². The van der Waals surface area contributed by atoms with Crippen LogP contribution in [0.5, 0.6) is 5.75 Å². The van der Waals surface area contributed by atoms with Crippen molar-refractivity contribution in [2.24, 2.45) is 0 Å². The summed E-state index contributed by atoms with van der Waals surface area (Å²) >= 11 is 5.56. The molecule has 0 radical (unpaired) electrons. The molecule has 0 bridgehead atoms. The molecule has 17 heavy (non-hydrogen) atoms. The van der Waals surface area contributed by atoms with Crippen LogP contribution in [0, 0.1) is 0 Å². The van der Waals surface area contributed by atoms with Crippen LogP contribution in [0.1, 0.15) is 36.0 Å². The predicted octanol–water partition coefficient (Wildman–Crippen LogP) is 2.92. The van der Waals surface area contributed by atoms with Crippen molar-refractivity contribution in [2.45, 2.75) is 25.7 Å². The number of unbranched alkanes of at least 4 members (excludes halogenated alkanes) is 3. The summed E-state index contributed by atoms with van der Waals surface area (Å²) in [6, 6.07) is 6.54. The third kappa shape index (κ3) is 5.09. The molecule has 1 aromatic rings. The highest BCUT2D eigenvalue weighted by molar-refractivity contribution is 6.17. The maximum Gasteiger partial charge on any atom is 0.255 e. The number of rotatable bonds is 7. The summed E-state index contributed by atoms with van der Waals surface area (Å²) in [6.07, 6.45) is 4.12. The average molecular weight is 256 g/mol. The smallest absolute Gasteiger partial charge is 0.255 e. The van der Waals surface area contributed by atoms with E-state index in [1.165, 1.54) is 6.07 Å². The van der Waals surface area contributed by atoms with Gasteiger partial charge in [-0.25, -0.2) is 0 Å². The van der Waals surface area contributed by atoms with E-state index in [1.54, 1.807) is 18.2 Å². The summed E-state index contributed by atoms with van der Waals surface area (Å²) in [5.41, 5.74) is 0.327. The lowest BCUT2D eigenvalue weighted by Crippen LogP contribution is -2.24. The molecular formula is C13H18ClNO2. The minimum absolute atomic E-state index is 0.0205. The summed E-state index contributed by atoms with van der Waals surface area (Å²) in [6.45, 7) is 0.634. The quantitative estimate of drug-likeness (QED) is 0.581. The Balaban J connectivity index is 2.24. The van der Waals surface area contributed by atoms with Crippen LogP contribution in [0.3, 0.4) is 0 Å². The first-order valence-corrected chi connectivity index (χ1v) is 6.41. The average Bonchev–Trinajstić information content (AvgIpc) is 2.34. The van der Waals surface area contributed by atoms with Crippen LogP contribution in [0.4, 0.5) is 0 Å². The third-order valence-corrected chi connectivity index (χ3v) is 2.76. The Morgan fingerprint density at radius 2 is 1.88 bits per heavy atom. The van der Waals surface area contributed by atoms with Crippen molar-refractivity contribution >= 4 is 17.5 Å². The number of para-hydroxylation sites is 1. The van der Waals surface area contributed by atoms with Gasteiger partial charge in [-0.1, -0.05) is 25.0 Å². The molecule has 0 saturated heterocycles. The highest BCUT2D eigenvalue weighted by Gasteiger charge is 2.08. The SMILES string of the molecule is O=C(NCCCCCCCl)c1ccccc1O. The van der Waals surface area contributed by atoms with Gasteiger partial charge in [0, 0.05) is 12.4 Å². The van der Waals surface area contributed by atoms with Crippen molar-refractivity contribution in [3.63, 3.8) is 0 Å². The van der Waals surface area contributed by atoms with Crippen molar-refractivity contribution in [3.8, 4) is 5.75 Å². The van der Waals surface area contributed by atoms with Crippen LogP contribution in [0.2, 0.25) is 0 Å². The summed E-state index contributed by atoms with van der Waals surface area (Å²) < 4.78 is 0. The highest BCUT2D eigenvalue weighted by atomic mass is 35.5. The molecule has 0 saturated carbocycles. The number of hydrogen-bond acceptors (Lipinski definition) is 2. The monoisotopic (exact) mass is 255 g/mol. The molecule has 0 fully saturated rings. The van der Waals surface area contributed by atoms with Gasteiger partial charge in [0.15, 0.2) is 0 Å². The molecule has 0 atom stereocenters. The molecule has 0 heterocycles. The van der Waals surface area contributed by atoms with E-state index < -0.39 is 0 Å². The van der Waals surface area contributed by atoms with Gasteiger partial charge in [0.05, 0.1) is 5.56 Å². The van der Waals surface area contributed by atoms with Crippen molar-refractivity contribution in [3.05, 3.63) is 29.8 Å². The van der Waals surface area contributed by atoms with E-state index in [-0.39, 0.29) is 11.7 Å². The number of benzene rings is 1. The number of alkyl halides is 1.